The van der Waals surface area contributed by atoms with Gasteiger partial charge in [0.1, 0.15) is 11.3 Å². The van der Waals surface area contributed by atoms with Gasteiger partial charge in [0.15, 0.2) is 0 Å². The van der Waals surface area contributed by atoms with Crippen LogP contribution in [0.2, 0.25) is 0 Å². The van der Waals surface area contributed by atoms with Crippen molar-refractivity contribution in [3.63, 3.8) is 0 Å². The quantitative estimate of drug-likeness (QED) is 0.895. The number of likely N-dealkylation sites (tertiary alicyclic amines) is 1. The van der Waals surface area contributed by atoms with Gasteiger partial charge in [-0.2, -0.15) is 0 Å². The maximum atomic E-state index is 11.3. The van der Waals surface area contributed by atoms with Crippen molar-refractivity contribution in [1.29, 1.82) is 0 Å². The average Bonchev–Trinajstić information content (AvgIpc) is 2.73. The third kappa shape index (κ3) is 3.28. The molecule has 1 aromatic rings. The lowest BCUT2D eigenvalue weighted by molar-refractivity contribution is 0.0690. The number of aromatic carboxylic acids is 1. The zero-order chi connectivity index (χ0) is 14.7. The molecule has 1 aliphatic rings. The van der Waals surface area contributed by atoms with Gasteiger partial charge in [0.05, 0.1) is 12.3 Å². The Morgan fingerprint density at radius 2 is 2.30 bits per heavy atom. The molecule has 20 heavy (non-hydrogen) atoms. The van der Waals surface area contributed by atoms with Crippen molar-refractivity contribution in [3.05, 3.63) is 23.0 Å². The molecule has 0 aromatic carbocycles. The van der Waals surface area contributed by atoms with E-state index >= 15 is 0 Å². The summed E-state index contributed by atoms with van der Waals surface area (Å²) >= 11 is 0. The van der Waals surface area contributed by atoms with Gasteiger partial charge in [0.2, 0.25) is 0 Å². The first-order valence-corrected chi connectivity index (χ1v) is 7.03. The van der Waals surface area contributed by atoms with Crippen LogP contribution in [0.4, 0.5) is 0 Å². The summed E-state index contributed by atoms with van der Waals surface area (Å²) in [7, 11) is 2.13. The summed E-state index contributed by atoms with van der Waals surface area (Å²) in [6.07, 6.45) is 3.35. The van der Waals surface area contributed by atoms with Crippen molar-refractivity contribution in [1.82, 2.24) is 9.88 Å². The molecule has 110 valence electrons. The zero-order valence-corrected chi connectivity index (χ0v) is 12.3. The van der Waals surface area contributed by atoms with Gasteiger partial charge in [-0.15, -0.1) is 0 Å². The average molecular weight is 278 g/mol. The topological polar surface area (TPSA) is 62.7 Å². The predicted molar refractivity (Wildman–Crippen MR) is 76.4 cm³/mol. The van der Waals surface area contributed by atoms with Gasteiger partial charge >= 0.3 is 5.97 Å². The largest absolute Gasteiger partial charge is 0.492 e. The molecule has 1 saturated heterocycles. The Labute approximate surface area is 119 Å². The zero-order valence-electron chi connectivity index (χ0n) is 12.3. The third-order valence-electron chi connectivity index (χ3n) is 3.89. The van der Waals surface area contributed by atoms with Gasteiger partial charge in [-0.25, -0.2) is 4.79 Å². The molecular weight excluding hydrogens is 256 g/mol. The second-order valence-corrected chi connectivity index (χ2v) is 5.44. The van der Waals surface area contributed by atoms with E-state index in [0.717, 1.165) is 18.7 Å². The standard InChI is InChI=1S/C15H22N2O3/c1-10-9-13(14(15(18)19)11(2)16-10)20-8-6-12-5-4-7-17(12)3/h9,12H,4-8H2,1-3H3,(H,18,19). The molecule has 1 aromatic heterocycles. The van der Waals surface area contributed by atoms with Crippen molar-refractivity contribution < 1.29 is 14.6 Å². The normalized spacial score (nSPS) is 19.2. The van der Waals surface area contributed by atoms with Crippen LogP contribution in [0, 0.1) is 13.8 Å². The SMILES string of the molecule is Cc1cc(OCCC2CCCN2C)c(C(=O)O)c(C)n1. The summed E-state index contributed by atoms with van der Waals surface area (Å²) in [5.74, 6) is -0.550. The highest BCUT2D eigenvalue weighted by Crippen LogP contribution is 2.24. The molecule has 0 bridgehead atoms. The number of hydrogen-bond donors (Lipinski definition) is 1. The van der Waals surface area contributed by atoms with E-state index in [9.17, 15) is 9.90 Å². The summed E-state index contributed by atoms with van der Waals surface area (Å²) in [4.78, 5) is 17.8. The summed E-state index contributed by atoms with van der Waals surface area (Å²) in [5, 5.41) is 9.26. The first-order valence-electron chi connectivity index (χ1n) is 7.03. The molecule has 5 heteroatoms. The smallest absolute Gasteiger partial charge is 0.341 e. The lowest BCUT2D eigenvalue weighted by Gasteiger charge is -2.19. The fourth-order valence-corrected chi connectivity index (χ4v) is 2.82. The Morgan fingerprint density at radius 1 is 1.55 bits per heavy atom. The van der Waals surface area contributed by atoms with Gasteiger partial charge < -0.3 is 14.7 Å². The number of aryl methyl sites for hydroxylation is 2. The molecule has 0 amide bonds. The minimum Gasteiger partial charge on any atom is -0.492 e. The van der Waals surface area contributed by atoms with Crippen molar-refractivity contribution in [2.75, 3.05) is 20.2 Å². The first kappa shape index (κ1) is 14.8. The monoisotopic (exact) mass is 278 g/mol. The highest BCUT2D eigenvalue weighted by Gasteiger charge is 2.21. The Balaban J connectivity index is 2.03. The maximum Gasteiger partial charge on any atom is 0.341 e. The maximum absolute atomic E-state index is 11.3. The molecule has 5 nitrogen and oxygen atoms in total. The number of carboxylic acids is 1. The molecule has 1 atom stereocenters. The Morgan fingerprint density at radius 3 is 2.90 bits per heavy atom. The van der Waals surface area contributed by atoms with Crippen LogP contribution >= 0.6 is 0 Å². The second kappa shape index (κ2) is 6.22. The van der Waals surface area contributed by atoms with Crippen LogP contribution < -0.4 is 4.74 Å². The number of carboxylic acid groups (broad SMARTS) is 1. The van der Waals surface area contributed by atoms with Gasteiger partial charge in [0.25, 0.3) is 0 Å². The number of rotatable bonds is 5. The van der Waals surface area contributed by atoms with E-state index < -0.39 is 5.97 Å². The van der Waals surface area contributed by atoms with E-state index in [1.165, 1.54) is 12.8 Å². The van der Waals surface area contributed by atoms with Crippen LogP contribution in [0.1, 0.15) is 41.0 Å². The molecule has 1 unspecified atom stereocenters. The Bertz CT molecular complexity index is 502. The van der Waals surface area contributed by atoms with E-state index in [0.29, 0.717) is 24.1 Å². The summed E-state index contributed by atoms with van der Waals surface area (Å²) in [6, 6.07) is 2.25. The highest BCUT2D eigenvalue weighted by molar-refractivity contribution is 5.92. The van der Waals surface area contributed by atoms with E-state index in [1.807, 2.05) is 6.92 Å². The first-order chi connectivity index (χ1) is 9.49. The molecule has 0 aliphatic carbocycles. The number of hydrogen-bond acceptors (Lipinski definition) is 4. The van der Waals surface area contributed by atoms with Gasteiger partial charge in [-0.1, -0.05) is 0 Å². The highest BCUT2D eigenvalue weighted by atomic mass is 16.5. The molecule has 2 heterocycles. The van der Waals surface area contributed by atoms with Gasteiger partial charge in [-0.3, -0.25) is 4.98 Å². The Hall–Kier alpha value is -1.62. The van der Waals surface area contributed by atoms with Crippen LogP contribution in [-0.2, 0) is 0 Å². The minimum absolute atomic E-state index is 0.176. The lowest BCUT2D eigenvalue weighted by Crippen LogP contribution is -2.26. The van der Waals surface area contributed by atoms with Crippen molar-refractivity contribution in [2.24, 2.45) is 0 Å². The van der Waals surface area contributed by atoms with Crippen LogP contribution in [-0.4, -0.2) is 47.2 Å². The molecule has 1 aliphatic heterocycles. The molecule has 2 rings (SSSR count). The van der Waals surface area contributed by atoms with Crippen LogP contribution in [0.3, 0.4) is 0 Å². The molecule has 1 N–H and O–H groups in total. The predicted octanol–water partition coefficient (Wildman–Crippen LogP) is 2.26. The van der Waals surface area contributed by atoms with Crippen LogP contribution in [0.25, 0.3) is 0 Å². The summed E-state index contributed by atoms with van der Waals surface area (Å²) in [6.45, 7) is 5.22. The van der Waals surface area contributed by atoms with E-state index in [4.69, 9.17) is 4.74 Å². The third-order valence-corrected chi connectivity index (χ3v) is 3.89. The molecule has 0 saturated carbocycles. The van der Waals surface area contributed by atoms with E-state index in [2.05, 4.69) is 16.9 Å². The van der Waals surface area contributed by atoms with E-state index in [1.54, 1.807) is 13.0 Å². The second-order valence-electron chi connectivity index (χ2n) is 5.44. The Kier molecular flexibility index (Phi) is 4.60. The fraction of sp³-hybridized carbons (Fsp3) is 0.600. The number of aromatic nitrogens is 1. The number of nitrogens with zero attached hydrogens (tertiary/aromatic N) is 2. The molecular formula is C15H22N2O3. The summed E-state index contributed by atoms with van der Waals surface area (Å²) < 4.78 is 5.72. The summed E-state index contributed by atoms with van der Waals surface area (Å²) in [5.41, 5.74) is 1.46. The van der Waals surface area contributed by atoms with Crippen LogP contribution in [0.5, 0.6) is 5.75 Å². The fourth-order valence-electron chi connectivity index (χ4n) is 2.82. The van der Waals surface area contributed by atoms with Gasteiger partial charge in [0, 0.05) is 17.8 Å². The molecule has 1 fully saturated rings. The lowest BCUT2D eigenvalue weighted by atomic mass is 10.1. The van der Waals surface area contributed by atoms with Crippen molar-refractivity contribution >= 4 is 5.97 Å². The van der Waals surface area contributed by atoms with Crippen LogP contribution in [0.15, 0.2) is 6.07 Å². The molecule has 0 spiro atoms. The number of ether oxygens (including phenoxy) is 1. The van der Waals surface area contributed by atoms with Crippen molar-refractivity contribution in [3.8, 4) is 5.75 Å². The van der Waals surface area contributed by atoms with Gasteiger partial charge in [-0.05, 0) is 46.7 Å². The minimum atomic E-state index is -0.983. The number of pyridine rings is 1. The number of carbonyl (C=O) groups is 1. The van der Waals surface area contributed by atoms with Crippen molar-refractivity contribution in [2.45, 2.75) is 39.2 Å². The molecule has 0 radical (unpaired) electrons. The van der Waals surface area contributed by atoms with E-state index in [-0.39, 0.29) is 5.56 Å².